The highest BCUT2D eigenvalue weighted by atomic mass is 79.9. The molecule has 0 aliphatic heterocycles. The number of benzene rings is 1. The normalized spacial score (nSPS) is 11.4. The number of hydrogen-bond donors (Lipinski definition) is 1. The van der Waals surface area contributed by atoms with Crippen LogP contribution in [0.3, 0.4) is 0 Å². The highest BCUT2D eigenvalue weighted by Gasteiger charge is 2.13. The smallest absolute Gasteiger partial charge is 0.175 e. The molecule has 0 amide bonds. The Bertz CT molecular complexity index is 560. The summed E-state index contributed by atoms with van der Waals surface area (Å²) in [5, 5.41) is 0. The van der Waals surface area contributed by atoms with E-state index in [1.165, 1.54) is 0 Å². The minimum absolute atomic E-state index is 0.131. The lowest BCUT2D eigenvalue weighted by Gasteiger charge is -2.15. The Labute approximate surface area is 134 Å². The first kappa shape index (κ1) is 18.3. The molecule has 1 aromatic rings. The van der Waals surface area contributed by atoms with Crippen molar-refractivity contribution in [2.45, 2.75) is 26.8 Å². The van der Waals surface area contributed by atoms with Gasteiger partial charge in [0.15, 0.2) is 11.5 Å². The van der Waals surface area contributed by atoms with Crippen molar-refractivity contribution in [2.24, 2.45) is 5.73 Å². The summed E-state index contributed by atoms with van der Waals surface area (Å²) in [6.07, 6.45) is 0.451. The van der Waals surface area contributed by atoms with E-state index in [9.17, 15) is 8.42 Å². The van der Waals surface area contributed by atoms with E-state index in [1.807, 2.05) is 19.1 Å². The monoisotopic (exact) mass is 379 g/mol. The first-order valence-electron chi connectivity index (χ1n) is 6.92. The van der Waals surface area contributed by atoms with Gasteiger partial charge in [-0.3, -0.25) is 0 Å². The molecule has 2 N–H and O–H groups in total. The van der Waals surface area contributed by atoms with Gasteiger partial charge in [0, 0.05) is 12.3 Å². The molecule has 7 heteroatoms. The Morgan fingerprint density at radius 2 is 1.95 bits per heavy atom. The summed E-state index contributed by atoms with van der Waals surface area (Å²) in [6.45, 7) is 4.78. The second kappa shape index (κ2) is 8.60. The van der Waals surface area contributed by atoms with E-state index in [0.29, 0.717) is 37.7 Å². The van der Waals surface area contributed by atoms with Gasteiger partial charge in [-0.1, -0.05) is 6.92 Å². The average molecular weight is 380 g/mol. The standard InChI is InChI=1S/C14H22BrNO4S/c1-3-19-13-9-11(10-16)8-12(15)14(13)20-6-5-7-21(17,18)4-2/h8-9H,3-7,10,16H2,1-2H3. The van der Waals surface area contributed by atoms with Gasteiger partial charge in [0.2, 0.25) is 0 Å². The van der Waals surface area contributed by atoms with Gasteiger partial charge in [-0.15, -0.1) is 0 Å². The van der Waals surface area contributed by atoms with Gasteiger partial charge in [0.05, 0.1) is 23.4 Å². The minimum Gasteiger partial charge on any atom is -0.490 e. The summed E-state index contributed by atoms with van der Waals surface area (Å²) in [5.41, 5.74) is 6.57. The number of sulfone groups is 1. The molecule has 0 aliphatic rings. The van der Waals surface area contributed by atoms with E-state index in [4.69, 9.17) is 15.2 Å². The molecule has 0 aliphatic carbocycles. The summed E-state index contributed by atoms with van der Waals surface area (Å²) in [5.74, 6) is 1.49. The Kier molecular flexibility index (Phi) is 7.48. The van der Waals surface area contributed by atoms with E-state index in [0.717, 1.165) is 10.0 Å². The van der Waals surface area contributed by atoms with Crippen LogP contribution < -0.4 is 15.2 Å². The van der Waals surface area contributed by atoms with Crippen LogP contribution in [0.5, 0.6) is 11.5 Å². The molecular formula is C14H22BrNO4S. The lowest BCUT2D eigenvalue weighted by Crippen LogP contribution is -2.12. The molecule has 0 heterocycles. The van der Waals surface area contributed by atoms with Crippen LogP contribution in [0.15, 0.2) is 16.6 Å². The number of halogens is 1. The molecule has 0 spiro atoms. The van der Waals surface area contributed by atoms with Gasteiger partial charge < -0.3 is 15.2 Å². The molecule has 0 bridgehead atoms. The summed E-state index contributed by atoms with van der Waals surface area (Å²) in [7, 11) is -2.95. The summed E-state index contributed by atoms with van der Waals surface area (Å²) < 4.78 is 34.8. The summed E-state index contributed by atoms with van der Waals surface area (Å²) >= 11 is 3.44. The van der Waals surface area contributed by atoms with Crippen LogP contribution in [-0.4, -0.2) is 33.1 Å². The molecule has 5 nitrogen and oxygen atoms in total. The Morgan fingerprint density at radius 1 is 1.24 bits per heavy atom. The molecule has 1 rings (SSSR count). The maximum atomic E-state index is 11.4. The van der Waals surface area contributed by atoms with Crippen molar-refractivity contribution in [1.82, 2.24) is 0 Å². The van der Waals surface area contributed by atoms with Gasteiger partial charge in [0.25, 0.3) is 0 Å². The zero-order valence-corrected chi connectivity index (χ0v) is 14.8. The fourth-order valence-corrected chi connectivity index (χ4v) is 3.19. The maximum Gasteiger partial charge on any atom is 0.175 e. The van der Waals surface area contributed by atoms with E-state index in [2.05, 4.69) is 15.9 Å². The van der Waals surface area contributed by atoms with Gasteiger partial charge in [-0.2, -0.15) is 0 Å². The van der Waals surface area contributed by atoms with E-state index < -0.39 is 9.84 Å². The molecular weight excluding hydrogens is 358 g/mol. The van der Waals surface area contributed by atoms with Crippen molar-refractivity contribution >= 4 is 25.8 Å². The largest absolute Gasteiger partial charge is 0.490 e. The third kappa shape index (κ3) is 5.84. The minimum atomic E-state index is -2.95. The van der Waals surface area contributed by atoms with Crippen LogP contribution in [0.2, 0.25) is 0 Å². The van der Waals surface area contributed by atoms with Crippen LogP contribution in [0.25, 0.3) is 0 Å². The van der Waals surface area contributed by atoms with Crippen molar-refractivity contribution in [3.63, 3.8) is 0 Å². The second-order valence-electron chi connectivity index (χ2n) is 4.48. The lowest BCUT2D eigenvalue weighted by molar-refractivity contribution is 0.275. The van der Waals surface area contributed by atoms with Gasteiger partial charge in [-0.05, 0) is 47.0 Å². The molecule has 120 valence electrons. The first-order chi connectivity index (χ1) is 9.93. The van der Waals surface area contributed by atoms with Crippen molar-refractivity contribution in [2.75, 3.05) is 24.7 Å². The van der Waals surface area contributed by atoms with Gasteiger partial charge >= 0.3 is 0 Å². The van der Waals surface area contributed by atoms with Crippen LogP contribution in [0.1, 0.15) is 25.8 Å². The van der Waals surface area contributed by atoms with Crippen LogP contribution in [-0.2, 0) is 16.4 Å². The molecule has 0 saturated carbocycles. The number of nitrogens with two attached hydrogens (primary N) is 1. The fraction of sp³-hybridized carbons (Fsp3) is 0.571. The van der Waals surface area contributed by atoms with E-state index in [1.54, 1.807) is 6.92 Å². The third-order valence-electron chi connectivity index (χ3n) is 2.89. The molecule has 0 unspecified atom stereocenters. The molecule has 0 saturated heterocycles. The van der Waals surface area contributed by atoms with Crippen LogP contribution >= 0.6 is 15.9 Å². The van der Waals surface area contributed by atoms with Gasteiger partial charge in [-0.25, -0.2) is 8.42 Å². The van der Waals surface area contributed by atoms with Crippen molar-refractivity contribution < 1.29 is 17.9 Å². The number of hydrogen-bond acceptors (Lipinski definition) is 5. The van der Waals surface area contributed by atoms with Crippen LogP contribution in [0, 0.1) is 0 Å². The third-order valence-corrected chi connectivity index (χ3v) is 5.27. The zero-order valence-electron chi connectivity index (χ0n) is 12.4. The van der Waals surface area contributed by atoms with Crippen molar-refractivity contribution in [3.05, 3.63) is 22.2 Å². The molecule has 1 aromatic carbocycles. The molecule has 0 radical (unpaired) electrons. The SMILES string of the molecule is CCOc1cc(CN)cc(Br)c1OCCCS(=O)(=O)CC. The molecule has 0 atom stereocenters. The van der Waals surface area contributed by atoms with Crippen molar-refractivity contribution in [3.8, 4) is 11.5 Å². The topological polar surface area (TPSA) is 78.6 Å². The summed E-state index contributed by atoms with van der Waals surface area (Å²) in [6, 6.07) is 3.72. The van der Waals surface area contributed by atoms with Crippen molar-refractivity contribution in [1.29, 1.82) is 0 Å². The quantitative estimate of drug-likeness (QED) is 0.666. The Balaban J connectivity index is 2.73. The molecule has 0 aromatic heterocycles. The highest BCUT2D eigenvalue weighted by Crippen LogP contribution is 2.37. The van der Waals surface area contributed by atoms with E-state index in [-0.39, 0.29) is 11.5 Å². The van der Waals surface area contributed by atoms with E-state index >= 15 is 0 Å². The Morgan fingerprint density at radius 3 is 2.52 bits per heavy atom. The number of ether oxygens (including phenoxy) is 2. The molecule has 0 fully saturated rings. The van der Waals surface area contributed by atoms with Crippen LogP contribution in [0.4, 0.5) is 0 Å². The predicted molar refractivity (Wildman–Crippen MR) is 87.6 cm³/mol. The second-order valence-corrected chi connectivity index (χ2v) is 7.81. The summed E-state index contributed by atoms with van der Waals surface area (Å²) in [4.78, 5) is 0. The fourth-order valence-electron chi connectivity index (χ4n) is 1.74. The van der Waals surface area contributed by atoms with Gasteiger partial charge in [0.1, 0.15) is 9.84 Å². The average Bonchev–Trinajstić information content (AvgIpc) is 2.45. The number of rotatable bonds is 9. The maximum absolute atomic E-state index is 11.4. The Hall–Kier alpha value is -0.790. The molecule has 21 heavy (non-hydrogen) atoms. The lowest BCUT2D eigenvalue weighted by atomic mass is 10.2. The predicted octanol–water partition coefficient (Wildman–Crippen LogP) is 2.51. The zero-order chi connectivity index (χ0) is 15.9. The highest BCUT2D eigenvalue weighted by molar-refractivity contribution is 9.10. The first-order valence-corrected chi connectivity index (χ1v) is 9.53.